The van der Waals surface area contributed by atoms with E-state index in [-0.39, 0.29) is 23.2 Å². The molecule has 4 aromatic rings. The van der Waals surface area contributed by atoms with Gasteiger partial charge in [0.2, 0.25) is 0 Å². The third kappa shape index (κ3) is 3.92. The van der Waals surface area contributed by atoms with E-state index in [9.17, 15) is 9.59 Å². The molecule has 4 rings (SSSR count). The van der Waals surface area contributed by atoms with Gasteiger partial charge in [0.05, 0.1) is 22.8 Å². The van der Waals surface area contributed by atoms with E-state index in [0.717, 1.165) is 11.4 Å². The van der Waals surface area contributed by atoms with Crippen LogP contribution in [-0.4, -0.2) is 22.7 Å². The van der Waals surface area contributed by atoms with Crippen LogP contribution < -0.4 is 15.8 Å². The Balaban J connectivity index is 1.76. The van der Waals surface area contributed by atoms with Crippen LogP contribution in [0, 0.1) is 0 Å². The average Bonchev–Trinajstić information content (AvgIpc) is 2.79. The van der Waals surface area contributed by atoms with Gasteiger partial charge < -0.3 is 10.2 Å². The minimum atomic E-state index is -0.362. The molecule has 156 valence electrons. The van der Waals surface area contributed by atoms with E-state index in [0.29, 0.717) is 16.5 Å². The van der Waals surface area contributed by atoms with Gasteiger partial charge in [-0.3, -0.25) is 9.59 Å². The van der Waals surface area contributed by atoms with Crippen molar-refractivity contribution in [2.24, 2.45) is 0 Å². The summed E-state index contributed by atoms with van der Waals surface area (Å²) < 4.78 is 1.36. The standard InChI is InChI=1S/C25H24N4O2/c1-17(2)29-25(31)20-14-8-7-13-19(20)23(27-29)24(30)26-21-15-9-10-16-22(21)28(3)18-11-5-4-6-12-18/h4-17H,1-3H3,(H,26,30). The molecule has 1 aromatic heterocycles. The van der Waals surface area contributed by atoms with Crippen LogP contribution in [0.5, 0.6) is 0 Å². The predicted molar refractivity (Wildman–Crippen MR) is 125 cm³/mol. The Kier molecular flexibility index (Phi) is 5.54. The van der Waals surface area contributed by atoms with Crippen LogP contribution >= 0.6 is 0 Å². The summed E-state index contributed by atoms with van der Waals surface area (Å²) >= 11 is 0. The minimum absolute atomic E-state index is 0.167. The summed E-state index contributed by atoms with van der Waals surface area (Å²) in [5.74, 6) is -0.362. The second-order valence-electron chi connectivity index (χ2n) is 7.60. The molecule has 6 heteroatoms. The molecular weight excluding hydrogens is 388 g/mol. The van der Waals surface area contributed by atoms with Gasteiger partial charge in [-0.25, -0.2) is 4.68 Å². The molecular formula is C25H24N4O2. The van der Waals surface area contributed by atoms with Gasteiger partial charge in [0.15, 0.2) is 5.69 Å². The molecule has 0 saturated carbocycles. The monoisotopic (exact) mass is 412 g/mol. The topological polar surface area (TPSA) is 67.2 Å². The first-order valence-electron chi connectivity index (χ1n) is 10.2. The second kappa shape index (κ2) is 8.44. The third-order valence-electron chi connectivity index (χ3n) is 5.19. The van der Waals surface area contributed by atoms with Gasteiger partial charge in [-0.15, -0.1) is 0 Å². The van der Waals surface area contributed by atoms with E-state index >= 15 is 0 Å². The van der Waals surface area contributed by atoms with Gasteiger partial charge >= 0.3 is 0 Å². The fourth-order valence-corrected chi connectivity index (χ4v) is 3.57. The first-order chi connectivity index (χ1) is 15.0. The van der Waals surface area contributed by atoms with E-state index in [1.807, 2.05) is 80.4 Å². The lowest BCUT2D eigenvalue weighted by atomic mass is 10.1. The van der Waals surface area contributed by atoms with Crippen LogP contribution in [0.3, 0.4) is 0 Å². The number of aromatic nitrogens is 2. The molecule has 0 aliphatic rings. The molecule has 6 nitrogen and oxygen atoms in total. The van der Waals surface area contributed by atoms with E-state index in [2.05, 4.69) is 10.4 Å². The van der Waals surface area contributed by atoms with Crippen molar-refractivity contribution >= 4 is 33.7 Å². The highest BCUT2D eigenvalue weighted by molar-refractivity contribution is 6.12. The SMILES string of the molecule is CC(C)n1nc(C(=O)Nc2ccccc2N(C)c2ccccc2)c2ccccc2c1=O. The highest BCUT2D eigenvalue weighted by atomic mass is 16.2. The molecule has 0 radical (unpaired) electrons. The zero-order valence-corrected chi connectivity index (χ0v) is 17.7. The molecule has 0 unspecified atom stereocenters. The highest BCUT2D eigenvalue weighted by Gasteiger charge is 2.19. The van der Waals surface area contributed by atoms with Crippen molar-refractivity contribution in [1.82, 2.24) is 9.78 Å². The van der Waals surface area contributed by atoms with Crippen molar-refractivity contribution in [1.29, 1.82) is 0 Å². The maximum absolute atomic E-state index is 13.3. The number of hydrogen-bond donors (Lipinski definition) is 1. The summed E-state index contributed by atoms with van der Waals surface area (Å²) in [5, 5.41) is 8.42. The van der Waals surface area contributed by atoms with Gasteiger partial charge in [-0.05, 0) is 44.2 Å². The quantitative estimate of drug-likeness (QED) is 0.501. The van der Waals surface area contributed by atoms with E-state index in [1.54, 1.807) is 24.3 Å². The van der Waals surface area contributed by atoms with Crippen LogP contribution in [-0.2, 0) is 0 Å². The predicted octanol–water partition coefficient (Wildman–Crippen LogP) is 5.00. The summed E-state index contributed by atoms with van der Waals surface area (Å²) in [6, 6.07) is 24.4. The smallest absolute Gasteiger partial charge is 0.276 e. The third-order valence-corrected chi connectivity index (χ3v) is 5.19. The van der Waals surface area contributed by atoms with Crippen LogP contribution in [0.4, 0.5) is 17.1 Å². The maximum atomic E-state index is 13.3. The Morgan fingerprint density at radius 2 is 1.52 bits per heavy atom. The molecule has 1 amide bonds. The lowest BCUT2D eigenvalue weighted by molar-refractivity contribution is 0.102. The van der Waals surface area contributed by atoms with Crippen LogP contribution in [0.15, 0.2) is 83.7 Å². The van der Waals surface area contributed by atoms with Crippen molar-refractivity contribution < 1.29 is 4.79 Å². The second-order valence-corrected chi connectivity index (χ2v) is 7.60. The zero-order valence-electron chi connectivity index (χ0n) is 17.7. The number of amides is 1. The Morgan fingerprint density at radius 1 is 0.903 bits per heavy atom. The van der Waals surface area contributed by atoms with Gasteiger partial charge in [0.25, 0.3) is 11.5 Å². The fourth-order valence-electron chi connectivity index (χ4n) is 3.57. The number of anilines is 3. The van der Waals surface area contributed by atoms with Gasteiger partial charge in [0.1, 0.15) is 0 Å². The molecule has 0 aliphatic heterocycles. The number of rotatable bonds is 5. The Morgan fingerprint density at radius 3 is 2.23 bits per heavy atom. The highest BCUT2D eigenvalue weighted by Crippen LogP contribution is 2.31. The molecule has 3 aromatic carbocycles. The molecule has 0 spiro atoms. The minimum Gasteiger partial charge on any atom is -0.343 e. The van der Waals surface area contributed by atoms with Gasteiger partial charge in [-0.2, -0.15) is 5.10 Å². The molecule has 1 N–H and O–H groups in total. The summed E-state index contributed by atoms with van der Waals surface area (Å²) in [4.78, 5) is 28.1. The molecule has 1 heterocycles. The zero-order chi connectivity index (χ0) is 22.0. The van der Waals surface area contributed by atoms with Gasteiger partial charge in [0, 0.05) is 18.1 Å². The fraction of sp³-hybridized carbons (Fsp3) is 0.160. The molecule has 31 heavy (non-hydrogen) atoms. The molecule has 0 fully saturated rings. The Hall–Kier alpha value is -3.93. The number of nitrogens with zero attached hydrogens (tertiary/aromatic N) is 3. The number of fused-ring (bicyclic) bond motifs is 1. The maximum Gasteiger partial charge on any atom is 0.276 e. The molecule has 0 bridgehead atoms. The normalized spacial score (nSPS) is 11.0. The molecule has 0 atom stereocenters. The number of para-hydroxylation sites is 3. The van der Waals surface area contributed by atoms with Crippen molar-refractivity contribution in [2.45, 2.75) is 19.9 Å². The lowest BCUT2D eigenvalue weighted by Gasteiger charge is -2.23. The lowest BCUT2D eigenvalue weighted by Crippen LogP contribution is -2.29. The average molecular weight is 412 g/mol. The summed E-state index contributed by atoms with van der Waals surface area (Å²) in [6.45, 7) is 3.74. The number of carbonyl (C=O) groups excluding carboxylic acids is 1. The van der Waals surface area contributed by atoms with Crippen LogP contribution in [0.2, 0.25) is 0 Å². The molecule has 0 aliphatic carbocycles. The van der Waals surface area contributed by atoms with Crippen molar-refractivity contribution in [3.63, 3.8) is 0 Å². The van der Waals surface area contributed by atoms with E-state index in [4.69, 9.17) is 0 Å². The Bertz CT molecular complexity index is 1300. The number of nitrogens with one attached hydrogen (secondary N) is 1. The van der Waals surface area contributed by atoms with Crippen molar-refractivity contribution in [3.8, 4) is 0 Å². The van der Waals surface area contributed by atoms with E-state index < -0.39 is 0 Å². The van der Waals surface area contributed by atoms with Crippen LogP contribution in [0.1, 0.15) is 30.4 Å². The first-order valence-corrected chi connectivity index (χ1v) is 10.2. The number of carbonyl (C=O) groups is 1. The summed E-state index contributed by atoms with van der Waals surface area (Å²) in [6.07, 6.45) is 0. The summed E-state index contributed by atoms with van der Waals surface area (Å²) in [5.41, 5.74) is 2.53. The van der Waals surface area contributed by atoms with E-state index in [1.165, 1.54) is 4.68 Å². The van der Waals surface area contributed by atoms with Crippen LogP contribution in [0.25, 0.3) is 10.8 Å². The molecule has 0 saturated heterocycles. The van der Waals surface area contributed by atoms with Crippen molar-refractivity contribution in [3.05, 3.63) is 94.9 Å². The first kappa shape index (κ1) is 20.3. The number of benzene rings is 3. The van der Waals surface area contributed by atoms with Crippen molar-refractivity contribution in [2.75, 3.05) is 17.3 Å². The van der Waals surface area contributed by atoms with Gasteiger partial charge in [-0.1, -0.05) is 48.5 Å². The summed E-state index contributed by atoms with van der Waals surface area (Å²) in [7, 11) is 1.95. The Labute approximate surface area is 180 Å². The largest absolute Gasteiger partial charge is 0.343 e. The number of hydrogen-bond acceptors (Lipinski definition) is 4.